The minimum absolute atomic E-state index is 0.0153. The van der Waals surface area contributed by atoms with E-state index in [4.69, 9.17) is 21.4 Å². The van der Waals surface area contributed by atoms with Gasteiger partial charge in [0.05, 0.1) is 6.61 Å². The third-order valence-electron chi connectivity index (χ3n) is 2.91. The molecule has 110 valence electrons. The summed E-state index contributed by atoms with van der Waals surface area (Å²) < 4.78 is 5.36. The first-order chi connectivity index (χ1) is 10.2. The highest BCUT2D eigenvalue weighted by atomic mass is 35.5. The molecule has 0 saturated heterocycles. The van der Waals surface area contributed by atoms with Gasteiger partial charge in [0, 0.05) is 11.6 Å². The van der Waals surface area contributed by atoms with Crippen LogP contribution in [0.25, 0.3) is 0 Å². The standard InChI is InChI=1S/C16H16ClNO3/c17-15-4-2-1-3-13(15)9-18-16(20)11-21-14-7-5-12(10-19)6-8-14/h1-8,19H,9-11H2,(H,18,20). The summed E-state index contributed by atoms with van der Waals surface area (Å²) in [5.41, 5.74) is 1.66. The second kappa shape index (κ2) is 7.67. The number of ether oxygens (including phenoxy) is 1. The smallest absolute Gasteiger partial charge is 0.258 e. The molecule has 0 radical (unpaired) electrons. The highest BCUT2D eigenvalue weighted by Crippen LogP contribution is 2.14. The van der Waals surface area contributed by atoms with Crippen molar-refractivity contribution in [2.24, 2.45) is 0 Å². The highest BCUT2D eigenvalue weighted by Gasteiger charge is 2.04. The van der Waals surface area contributed by atoms with E-state index < -0.39 is 0 Å². The number of aliphatic hydroxyl groups is 1. The van der Waals surface area contributed by atoms with E-state index in [0.29, 0.717) is 17.3 Å². The number of rotatable bonds is 6. The number of aliphatic hydroxyl groups excluding tert-OH is 1. The summed E-state index contributed by atoms with van der Waals surface area (Å²) in [5.74, 6) is 0.362. The van der Waals surface area contributed by atoms with Gasteiger partial charge in [-0.05, 0) is 29.3 Å². The molecular formula is C16H16ClNO3. The first-order valence-electron chi connectivity index (χ1n) is 6.52. The van der Waals surface area contributed by atoms with Gasteiger partial charge in [-0.25, -0.2) is 0 Å². The third kappa shape index (κ3) is 4.77. The van der Waals surface area contributed by atoms with E-state index in [9.17, 15) is 4.79 Å². The Morgan fingerprint density at radius 3 is 2.52 bits per heavy atom. The Labute approximate surface area is 128 Å². The molecule has 0 bridgehead atoms. The van der Waals surface area contributed by atoms with E-state index in [1.165, 1.54) is 0 Å². The number of hydrogen-bond donors (Lipinski definition) is 2. The van der Waals surface area contributed by atoms with Gasteiger partial charge in [-0.15, -0.1) is 0 Å². The molecule has 2 aromatic rings. The average molecular weight is 306 g/mol. The van der Waals surface area contributed by atoms with Gasteiger partial charge in [0.2, 0.25) is 0 Å². The number of halogens is 1. The molecule has 2 rings (SSSR count). The van der Waals surface area contributed by atoms with Gasteiger partial charge in [-0.1, -0.05) is 41.9 Å². The number of carbonyl (C=O) groups excluding carboxylic acids is 1. The van der Waals surface area contributed by atoms with Crippen LogP contribution in [-0.2, 0) is 17.9 Å². The molecule has 0 aliphatic heterocycles. The Balaban J connectivity index is 1.78. The van der Waals surface area contributed by atoms with Crippen molar-refractivity contribution < 1.29 is 14.6 Å². The molecule has 0 atom stereocenters. The second-order valence-electron chi connectivity index (χ2n) is 4.46. The highest BCUT2D eigenvalue weighted by molar-refractivity contribution is 6.31. The zero-order valence-electron chi connectivity index (χ0n) is 11.4. The number of amides is 1. The Morgan fingerprint density at radius 2 is 1.86 bits per heavy atom. The predicted octanol–water partition coefficient (Wildman–Crippen LogP) is 2.53. The predicted molar refractivity (Wildman–Crippen MR) is 81.2 cm³/mol. The quantitative estimate of drug-likeness (QED) is 0.862. The van der Waals surface area contributed by atoms with Crippen LogP contribution in [0.5, 0.6) is 5.75 Å². The lowest BCUT2D eigenvalue weighted by molar-refractivity contribution is -0.123. The second-order valence-corrected chi connectivity index (χ2v) is 4.87. The summed E-state index contributed by atoms with van der Waals surface area (Å²) >= 11 is 6.01. The lowest BCUT2D eigenvalue weighted by Crippen LogP contribution is -2.28. The lowest BCUT2D eigenvalue weighted by atomic mass is 10.2. The van der Waals surface area contributed by atoms with Crippen molar-refractivity contribution in [2.45, 2.75) is 13.2 Å². The minimum atomic E-state index is -0.221. The first kappa shape index (κ1) is 15.4. The van der Waals surface area contributed by atoms with Crippen LogP contribution in [0.1, 0.15) is 11.1 Å². The lowest BCUT2D eigenvalue weighted by Gasteiger charge is -2.09. The van der Waals surface area contributed by atoms with Crippen molar-refractivity contribution in [1.29, 1.82) is 0 Å². The van der Waals surface area contributed by atoms with Crippen molar-refractivity contribution in [3.05, 3.63) is 64.7 Å². The van der Waals surface area contributed by atoms with Gasteiger partial charge >= 0.3 is 0 Å². The fourth-order valence-electron chi connectivity index (χ4n) is 1.73. The monoisotopic (exact) mass is 305 g/mol. The fraction of sp³-hybridized carbons (Fsp3) is 0.188. The molecule has 21 heavy (non-hydrogen) atoms. The zero-order chi connectivity index (χ0) is 15.1. The summed E-state index contributed by atoms with van der Waals surface area (Å²) in [5, 5.41) is 12.3. The van der Waals surface area contributed by atoms with E-state index in [2.05, 4.69) is 5.32 Å². The molecule has 0 aliphatic carbocycles. The van der Waals surface area contributed by atoms with Gasteiger partial charge in [-0.2, -0.15) is 0 Å². The van der Waals surface area contributed by atoms with Crippen molar-refractivity contribution in [3.63, 3.8) is 0 Å². The van der Waals surface area contributed by atoms with Crippen molar-refractivity contribution in [1.82, 2.24) is 5.32 Å². The summed E-state index contributed by atoms with van der Waals surface area (Å²) in [6, 6.07) is 14.3. The van der Waals surface area contributed by atoms with E-state index in [0.717, 1.165) is 11.1 Å². The molecule has 0 fully saturated rings. The van der Waals surface area contributed by atoms with Crippen LogP contribution in [-0.4, -0.2) is 17.6 Å². The summed E-state index contributed by atoms with van der Waals surface area (Å²) in [6.07, 6.45) is 0. The maximum atomic E-state index is 11.7. The SMILES string of the molecule is O=C(COc1ccc(CO)cc1)NCc1ccccc1Cl. The molecule has 2 N–H and O–H groups in total. The van der Waals surface area contributed by atoms with E-state index in [1.54, 1.807) is 30.3 Å². The third-order valence-corrected chi connectivity index (χ3v) is 3.28. The van der Waals surface area contributed by atoms with Crippen LogP contribution in [0, 0.1) is 0 Å². The van der Waals surface area contributed by atoms with Crippen LogP contribution >= 0.6 is 11.6 Å². The topological polar surface area (TPSA) is 58.6 Å². The van der Waals surface area contributed by atoms with E-state index in [1.807, 2.05) is 18.2 Å². The molecule has 1 amide bonds. The van der Waals surface area contributed by atoms with E-state index in [-0.39, 0.29) is 19.1 Å². The Kier molecular flexibility index (Phi) is 5.60. The molecular weight excluding hydrogens is 290 g/mol. The maximum Gasteiger partial charge on any atom is 0.258 e. The van der Waals surface area contributed by atoms with Gasteiger partial charge in [0.15, 0.2) is 6.61 Å². The van der Waals surface area contributed by atoms with Crippen molar-refractivity contribution in [2.75, 3.05) is 6.61 Å². The van der Waals surface area contributed by atoms with E-state index >= 15 is 0 Å². The molecule has 5 heteroatoms. The number of nitrogens with one attached hydrogen (secondary N) is 1. The van der Waals surface area contributed by atoms with Crippen LogP contribution in [0.4, 0.5) is 0 Å². The van der Waals surface area contributed by atoms with Crippen molar-refractivity contribution >= 4 is 17.5 Å². The Bertz CT molecular complexity index is 599. The first-order valence-corrected chi connectivity index (χ1v) is 6.89. The molecule has 0 unspecified atom stereocenters. The van der Waals surface area contributed by atoms with Crippen LogP contribution < -0.4 is 10.1 Å². The summed E-state index contributed by atoms with van der Waals surface area (Å²) in [4.78, 5) is 11.7. The zero-order valence-corrected chi connectivity index (χ0v) is 12.1. The Hall–Kier alpha value is -2.04. The molecule has 4 nitrogen and oxygen atoms in total. The summed E-state index contributed by atoms with van der Waals surface area (Å²) in [7, 11) is 0. The van der Waals surface area contributed by atoms with Gasteiger partial charge in [0.1, 0.15) is 5.75 Å². The number of benzene rings is 2. The molecule has 0 spiro atoms. The van der Waals surface area contributed by atoms with Crippen LogP contribution in [0.15, 0.2) is 48.5 Å². The van der Waals surface area contributed by atoms with Crippen molar-refractivity contribution in [3.8, 4) is 5.75 Å². The largest absolute Gasteiger partial charge is 0.484 e. The fourth-order valence-corrected chi connectivity index (χ4v) is 1.93. The molecule has 0 heterocycles. The molecule has 2 aromatic carbocycles. The average Bonchev–Trinajstić information content (AvgIpc) is 2.52. The maximum absolute atomic E-state index is 11.7. The minimum Gasteiger partial charge on any atom is -0.484 e. The van der Waals surface area contributed by atoms with Gasteiger partial charge in [0.25, 0.3) is 5.91 Å². The number of hydrogen-bond acceptors (Lipinski definition) is 3. The molecule has 0 aliphatic rings. The van der Waals surface area contributed by atoms with Crippen LogP contribution in [0.2, 0.25) is 5.02 Å². The summed E-state index contributed by atoms with van der Waals surface area (Å²) in [6.45, 7) is 0.285. The molecule has 0 aromatic heterocycles. The normalized spacial score (nSPS) is 10.2. The van der Waals surface area contributed by atoms with Gasteiger partial charge in [-0.3, -0.25) is 4.79 Å². The Morgan fingerprint density at radius 1 is 1.14 bits per heavy atom. The van der Waals surface area contributed by atoms with Gasteiger partial charge < -0.3 is 15.2 Å². The molecule has 0 saturated carbocycles. The number of carbonyl (C=O) groups is 1. The van der Waals surface area contributed by atoms with Crippen LogP contribution in [0.3, 0.4) is 0 Å².